The maximum atomic E-state index is 5.50. The molecule has 1 aromatic heterocycles. The summed E-state index contributed by atoms with van der Waals surface area (Å²) in [4.78, 5) is 0. The number of rotatable bonds is 8. The second kappa shape index (κ2) is 7.67. The summed E-state index contributed by atoms with van der Waals surface area (Å²) in [5.41, 5.74) is 1.22. The molecule has 0 aromatic carbocycles. The van der Waals surface area contributed by atoms with Gasteiger partial charge in [-0.15, -0.1) is 0 Å². The number of ether oxygens (including phenoxy) is 1. The van der Waals surface area contributed by atoms with Gasteiger partial charge in [-0.3, -0.25) is 4.68 Å². The summed E-state index contributed by atoms with van der Waals surface area (Å²) < 4.78 is 7.57. The average Bonchev–Trinajstić information content (AvgIpc) is 3.12. The van der Waals surface area contributed by atoms with E-state index in [2.05, 4.69) is 28.9 Å². The van der Waals surface area contributed by atoms with Gasteiger partial charge in [-0.05, 0) is 32.2 Å². The van der Waals surface area contributed by atoms with Gasteiger partial charge in [0.1, 0.15) is 0 Å². The normalized spacial score (nSPS) is 17.6. The van der Waals surface area contributed by atoms with Gasteiger partial charge in [0.15, 0.2) is 5.75 Å². The lowest BCUT2D eigenvalue weighted by Gasteiger charge is -2.21. The molecule has 0 bridgehead atoms. The quantitative estimate of drug-likeness (QED) is 0.791. The molecule has 4 heteroatoms. The van der Waals surface area contributed by atoms with Gasteiger partial charge in [0.05, 0.1) is 25.0 Å². The molecule has 2 rings (SSSR count). The predicted octanol–water partition coefficient (Wildman–Crippen LogP) is 3.53. The van der Waals surface area contributed by atoms with Gasteiger partial charge in [-0.25, -0.2) is 0 Å². The summed E-state index contributed by atoms with van der Waals surface area (Å²) in [5, 5.41) is 8.06. The summed E-state index contributed by atoms with van der Waals surface area (Å²) in [6.45, 7) is 6.18. The monoisotopic (exact) mass is 279 g/mol. The number of hydrogen-bond donors (Lipinski definition) is 1. The van der Waals surface area contributed by atoms with E-state index in [0.29, 0.717) is 6.04 Å². The van der Waals surface area contributed by atoms with E-state index >= 15 is 0 Å². The molecule has 0 saturated heterocycles. The van der Waals surface area contributed by atoms with Gasteiger partial charge in [0.25, 0.3) is 0 Å². The summed E-state index contributed by atoms with van der Waals surface area (Å²) in [5.74, 6) is 1.85. The van der Waals surface area contributed by atoms with E-state index in [0.717, 1.165) is 24.8 Å². The lowest BCUT2D eigenvalue weighted by atomic mass is 9.97. The number of methoxy groups -OCH3 is 1. The van der Waals surface area contributed by atoms with Crippen molar-refractivity contribution in [2.45, 2.75) is 65.0 Å². The number of nitrogens with zero attached hydrogens (tertiary/aromatic N) is 2. The van der Waals surface area contributed by atoms with E-state index in [1.165, 1.54) is 44.2 Å². The predicted molar refractivity (Wildman–Crippen MR) is 82.1 cm³/mol. The molecular weight excluding hydrogens is 250 g/mol. The minimum atomic E-state index is 0.359. The van der Waals surface area contributed by atoms with Crippen molar-refractivity contribution < 1.29 is 4.74 Å². The summed E-state index contributed by atoms with van der Waals surface area (Å²) in [7, 11) is 1.74. The fraction of sp³-hybridized carbons (Fsp3) is 0.812. The topological polar surface area (TPSA) is 39.1 Å². The van der Waals surface area contributed by atoms with Crippen LogP contribution in [0.4, 0.5) is 0 Å². The largest absolute Gasteiger partial charge is 0.493 e. The van der Waals surface area contributed by atoms with Gasteiger partial charge < -0.3 is 10.1 Å². The molecule has 1 aliphatic rings. The molecule has 1 saturated carbocycles. The minimum Gasteiger partial charge on any atom is -0.493 e. The first-order chi connectivity index (χ1) is 9.80. The highest BCUT2D eigenvalue weighted by Crippen LogP contribution is 2.33. The van der Waals surface area contributed by atoms with Gasteiger partial charge in [-0.1, -0.05) is 32.6 Å². The molecule has 1 aromatic rings. The van der Waals surface area contributed by atoms with Crippen LogP contribution in [0.15, 0.2) is 6.20 Å². The van der Waals surface area contributed by atoms with Crippen LogP contribution in [0.2, 0.25) is 0 Å². The maximum absolute atomic E-state index is 5.50. The molecule has 1 unspecified atom stereocenters. The molecule has 1 N–H and O–H groups in total. The van der Waals surface area contributed by atoms with Crippen LogP contribution in [0, 0.1) is 5.92 Å². The molecule has 1 atom stereocenters. The Bertz CT molecular complexity index is 375. The molecule has 0 amide bonds. The van der Waals surface area contributed by atoms with Crippen LogP contribution in [0.5, 0.6) is 5.75 Å². The molecule has 0 radical (unpaired) electrons. The minimum absolute atomic E-state index is 0.359. The van der Waals surface area contributed by atoms with Crippen LogP contribution < -0.4 is 10.1 Å². The molecule has 1 heterocycles. The zero-order valence-electron chi connectivity index (χ0n) is 13.2. The number of nitrogens with one attached hydrogen (secondary N) is 1. The summed E-state index contributed by atoms with van der Waals surface area (Å²) in [6, 6.07) is 0.359. The Morgan fingerprint density at radius 3 is 2.75 bits per heavy atom. The van der Waals surface area contributed by atoms with Crippen molar-refractivity contribution in [3.8, 4) is 5.75 Å². The number of aryl methyl sites for hydroxylation is 1. The standard InChI is InChI=1S/C16H29N3O/c1-4-17-14(11-10-13-8-6-7-9-13)16-15(20-3)12-18-19(16)5-2/h12-14,17H,4-11H2,1-3H3. The fourth-order valence-electron chi connectivity index (χ4n) is 3.42. The lowest BCUT2D eigenvalue weighted by Crippen LogP contribution is -2.25. The molecule has 0 aliphatic heterocycles. The van der Waals surface area contributed by atoms with Gasteiger partial charge >= 0.3 is 0 Å². The van der Waals surface area contributed by atoms with Crippen molar-refractivity contribution in [2.75, 3.05) is 13.7 Å². The number of hydrogen-bond acceptors (Lipinski definition) is 3. The van der Waals surface area contributed by atoms with Crippen molar-refractivity contribution in [2.24, 2.45) is 5.92 Å². The molecule has 1 fully saturated rings. The SMILES string of the molecule is CCNC(CCC1CCCC1)c1c(OC)cnn1CC. The third kappa shape index (κ3) is 3.54. The molecule has 114 valence electrons. The van der Waals surface area contributed by atoms with Crippen molar-refractivity contribution >= 4 is 0 Å². The van der Waals surface area contributed by atoms with Gasteiger partial charge in [-0.2, -0.15) is 5.10 Å². The van der Waals surface area contributed by atoms with Crippen LogP contribution >= 0.6 is 0 Å². The molecule has 20 heavy (non-hydrogen) atoms. The first-order valence-electron chi connectivity index (χ1n) is 8.13. The van der Waals surface area contributed by atoms with Gasteiger partial charge in [0, 0.05) is 6.54 Å². The number of aromatic nitrogens is 2. The smallest absolute Gasteiger partial charge is 0.161 e. The van der Waals surface area contributed by atoms with E-state index in [-0.39, 0.29) is 0 Å². The average molecular weight is 279 g/mol. The van der Waals surface area contributed by atoms with Crippen LogP contribution in [0.3, 0.4) is 0 Å². The second-order valence-electron chi connectivity index (χ2n) is 5.75. The third-order valence-corrected chi connectivity index (χ3v) is 4.48. The summed E-state index contributed by atoms with van der Waals surface area (Å²) >= 11 is 0. The molecular formula is C16H29N3O. The van der Waals surface area contributed by atoms with E-state index in [1.54, 1.807) is 7.11 Å². The van der Waals surface area contributed by atoms with E-state index in [1.807, 2.05) is 6.20 Å². The van der Waals surface area contributed by atoms with Crippen molar-refractivity contribution in [1.82, 2.24) is 15.1 Å². The van der Waals surface area contributed by atoms with E-state index in [4.69, 9.17) is 4.74 Å². The zero-order valence-corrected chi connectivity index (χ0v) is 13.2. The highest BCUT2D eigenvalue weighted by molar-refractivity contribution is 5.28. The maximum Gasteiger partial charge on any atom is 0.161 e. The zero-order chi connectivity index (χ0) is 14.4. The van der Waals surface area contributed by atoms with E-state index < -0.39 is 0 Å². The first-order valence-corrected chi connectivity index (χ1v) is 8.13. The Morgan fingerprint density at radius 1 is 1.40 bits per heavy atom. The Balaban J connectivity index is 2.07. The Morgan fingerprint density at radius 2 is 2.15 bits per heavy atom. The van der Waals surface area contributed by atoms with Crippen molar-refractivity contribution in [3.63, 3.8) is 0 Å². The van der Waals surface area contributed by atoms with Crippen molar-refractivity contribution in [3.05, 3.63) is 11.9 Å². The van der Waals surface area contributed by atoms with Crippen LogP contribution in [0.1, 0.15) is 64.1 Å². The fourth-order valence-corrected chi connectivity index (χ4v) is 3.42. The van der Waals surface area contributed by atoms with Crippen LogP contribution in [0.25, 0.3) is 0 Å². The van der Waals surface area contributed by atoms with Crippen molar-refractivity contribution in [1.29, 1.82) is 0 Å². The van der Waals surface area contributed by atoms with Crippen LogP contribution in [-0.2, 0) is 6.54 Å². The molecule has 4 nitrogen and oxygen atoms in total. The van der Waals surface area contributed by atoms with Gasteiger partial charge in [0.2, 0.25) is 0 Å². The highest BCUT2D eigenvalue weighted by Gasteiger charge is 2.23. The van der Waals surface area contributed by atoms with E-state index in [9.17, 15) is 0 Å². The molecule has 0 spiro atoms. The summed E-state index contributed by atoms with van der Waals surface area (Å²) in [6.07, 6.45) is 10.0. The highest BCUT2D eigenvalue weighted by atomic mass is 16.5. The first kappa shape index (κ1) is 15.4. The Hall–Kier alpha value is -1.03. The molecule has 1 aliphatic carbocycles. The van der Waals surface area contributed by atoms with Crippen LogP contribution in [-0.4, -0.2) is 23.4 Å². The lowest BCUT2D eigenvalue weighted by molar-refractivity contribution is 0.368. The third-order valence-electron chi connectivity index (χ3n) is 4.48. The Labute approximate surface area is 122 Å². The second-order valence-corrected chi connectivity index (χ2v) is 5.75. The Kier molecular flexibility index (Phi) is 5.89.